The highest BCUT2D eigenvalue weighted by molar-refractivity contribution is 5.90. The molecule has 0 aliphatic rings. The smallest absolute Gasteiger partial charge is 0.338 e. The number of hydrogen-bond acceptors (Lipinski definition) is 4. The van der Waals surface area contributed by atoms with Gasteiger partial charge in [0.15, 0.2) is 0 Å². The number of rotatable bonds is 2. The van der Waals surface area contributed by atoms with E-state index in [-0.39, 0.29) is 11.7 Å². The van der Waals surface area contributed by atoms with Crippen LogP contribution >= 0.6 is 0 Å². The lowest BCUT2D eigenvalue weighted by atomic mass is 10.1. The number of benzene rings is 1. The summed E-state index contributed by atoms with van der Waals surface area (Å²) < 4.78 is 5.30. The molecule has 0 spiro atoms. The van der Waals surface area contributed by atoms with Gasteiger partial charge in [0, 0.05) is 11.8 Å². The van der Waals surface area contributed by atoms with Gasteiger partial charge >= 0.3 is 5.97 Å². The van der Waals surface area contributed by atoms with Crippen molar-refractivity contribution in [3.8, 4) is 16.9 Å². The molecule has 0 aliphatic carbocycles. The Morgan fingerprint density at radius 2 is 1.75 bits per heavy atom. The van der Waals surface area contributed by atoms with E-state index in [0.717, 1.165) is 11.1 Å². The Morgan fingerprint density at radius 3 is 2.30 bits per heavy atom. The van der Waals surface area contributed by atoms with E-state index >= 15 is 0 Å². The maximum atomic E-state index is 11.9. The first-order chi connectivity index (χ1) is 9.35. The van der Waals surface area contributed by atoms with Crippen molar-refractivity contribution in [2.24, 2.45) is 0 Å². The fourth-order valence-corrected chi connectivity index (χ4v) is 1.72. The number of hydrogen-bond donors (Lipinski definition) is 1. The second kappa shape index (κ2) is 5.33. The highest BCUT2D eigenvalue weighted by atomic mass is 16.6. The van der Waals surface area contributed by atoms with Gasteiger partial charge in [-0.15, -0.1) is 0 Å². The van der Waals surface area contributed by atoms with E-state index in [4.69, 9.17) is 4.74 Å². The van der Waals surface area contributed by atoms with E-state index in [1.165, 1.54) is 6.20 Å². The van der Waals surface area contributed by atoms with E-state index < -0.39 is 5.60 Å². The third-order valence-electron chi connectivity index (χ3n) is 2.58. The van der Waals surface area contributed by atoms with E-state index in [0.29, 0.717) is 5.56 Å². The van der Waals surface area contributed by atoms with Gasteiger partial charge in [-0.1, -0.05) is 12.1 Å². The van der Waals surface area contributed by atoms with Gasteiger partial charge < -0.3 is 9.84 Å². The van der Waals surface area contributed by atoms with Crippen LogP contribution in [0.3, 0.4) is 0 Å². The van der Waals surface area contributed by atoms with Crippen LogP contribution in [0.5, 0.6) is 5.75 Å². The van der Waals surface area contributed by atoms with E-state index in [1.54, 1.807) is 36.5 Å². The Bertz CT molecular complexity index is 612. The predicted molar refractivity (Wildman–Crippen MR) is 76.5 cm³/mol. The van der Waals surface area contributed by atoms with Gasteiger partial charge in [0.2, 0.25) is 0 Å². The maximum Gasteiger partial charge on any atom is 0.338 e. The van der Waals surface area contributed by atoms with Crippen LogP contribution in [-0.4, -0.2) is 21.7 Å². The summed E-state index contributed by atoms with van der Waals surface area (Å²) in [5.74, 6) is -0.239. The molecule has 0 aliphatic heterocycles. The molecular weight excluding hydrogens is 254 g/mol. The first-order valence-corrected chi connectivity index (χ1v) is 6.33. The predicted octanol–water partition coefficient (Wildman–Crippen LogP) is 3.41. The summed E-state index contributed by atoms with van der Waals surface area (Å²) in [7, 11) is 0. The van der Waals surface area contributed by atoms with Crippen molar-refractivity contribution >= 4 is 5.97 Å². The van der Waals surface area contributed by atoms with Gasteiger partial charge in [0.1, 0.15) is 11.4 Å². The number of carbonyl (C=O) groups excluding carboxylic acids is 1. The van der Waals surface area contributed by atoms with Gasteiger partial charge in [-0.05, 0) is 44.5 Å². The molecule has 0 amide bonds. The average Bonchev–Trinajstić information content (AvgIpc) is 2.37. The number of ether oxygens (including phenoxy) is 1. The molecule has 1 aromatic carbocycles. The van der Waals surface area contributed by atoms with Crippen LogP contribution in [0.4, 0.5) is 0 Å². The minimum absolute atomic E-state index is 0.110. The maximum absolute atomic E-state index is 11.9. The van der Waals surface area contributed by atoms with Gasteiger partial charge in [-0.25, -0.2) is 4.79 Å². The van der Waals surface area contributed by atoms with Gasteiger partial charge in [-0.2, -0.15) is 0 Å². The molecular formula is C16H17NO3. The lowest BCUT2D eigenvalue weighted by Crippen LogP contribution is -2.23. The molecule has 1 aromatic heterocycles. The lowest BCUT2D eigenvalue weighted by Gasteiger charge is -2.19. The molecule has 0 atom stereocenters. The lowest BCUT2D eigenvalue weighted by molar-refractivity contribution is 0.00696. The van der Waals surface area contributed by atoms with Crippen molar-refractivity contribution in [2.45, 2.75) is 26.4 Å². The van der Waals surface area contributed by atoms with Crippen LogP contribution in [-0.2, 0) is 4.74 Å². The number of esters is 1. The zero-order valence-electron chi connectivity index (χ0n) is 11.8. The summed E-state index contributed by atoms with van der Waals surface area (Å²) in [5, 5.41) is 9.41. The average molecular weight is 271 g/mol. The summed E-state index contributed by atoms with van der Waals surface area (Å²) in [6.45, 7) is 5.49. The molecule has 2 aromatic rings. The van der Waals surface area contributed by atoms with Crippen molar-refractivity contribution in [2.75, 3.05) is 0 Å². The summed E-state index contributed by atoms with van der Waals surface area (Å²) in [6.07, 6.45) is 3.03. The third kappa shape index (κ3) is 3.57. The largest absolute Gasteiger partial charge is 0.506 e. The molecule has 0 radical (unpaired) electrons. The van der Waals surface area contributed by atoms with Crippen LogP contribution in [0.1, 0.15) is 31.1 Å². The number of aromatic nitrogens is 1. The second-order valence-electron chi connectivity index (χ2n) is 5.51. The van der Waals surface area contributed by atoms with Gasteiger partial charge in [0.25, 0.3) is 0 Å². The minimum atomic E-state index is -0.509. The molecule has 1 N–H and O–H groups in total. The monoisotopic (exact) mass is 271 g/mol. The summed E-state index contributed by atoms with van der Waals surface area (Å²) >= 11 is 0. The fourth-order valence-electron chi connectivity index (χ4n) is 1.72. The van der Waals surface area contributed by atoms with Crippen molar-refractivity contribution in [3.63, 3.8) is 0 Å². The van der Waals surface area contributed by atoms with Crippen molar-refractivity contribution in [1.29, 1.82) is 0 Å². The Hall–Kier alpha value is -2.36. The molecule has 104 valence electrons. The number of nitrogens with zero attached hydrogens (tertiary/aromatic N) is 1. The molecule has 0 saturated carbocycles. The first kappa shape index (κ1) is 14.1. The molecule has 0 saturated heterocycles. The van der Waals surface area contributed by atoms with Crippen molar-refractivity contribution in [1.82, 2.24) is 4.98 Å². The van der Waals surface area contributed by atoms with E-state index in [2.05, 4.69) is 4.98 Å². The first-order valence-electron chi connectivity index (χ1n) is 6.33. The van der Waals surface area contributed by atoms with Crippen molar-refractivity contribution in [3.05, 3.63) is 48.3 Å². The highest BCUT2D eigenvalue weighted by Gasteiger charge is 2.17. The summed E-state index contributed by atoms with van der Waals surface area (Å²) in [6, 6.07) is 8.63. The Balaban J connectivity index is 2.20. The molecule has 4 heteroatoms. The molecule has 2 rings (SSSR count). The van der Waals surface area contributed by atoms with Crippen LogP contribution in [0.2, 0.25) is 0 Å². The normalized spacial score (nSPS) is 11.2. The minimum Gasteiger partial charge on any atom is -0.506 e. The molecule has 4 nitrogen and oxygen atoms in total. The van der Waals surface area contributed by atoms with Crippen LogP contribution in [0.25, 0.3) is 11.1 Å². The van der Waals surface area contributed by atoms with Gasteiger partial charge in [-0.3, -0.25) is 4.98 Å². The number of pyridine rings is 1. The Labute approximate surface area is 118 Å². The summed E-state index contributed by atoms with van der Waals surface area (Å²) in [5.41, 5.74) is 1.66. The zero-order valence-corrected chi connectivity index (χ0v) is 11.8. The number of aromatic hydroxyl groups is 1. The molecule has 1 heterocycles. The fraction of sp³-hybridized carbons (Fsp3) is 0.250. The van der Waals surface area contributed by atoms with Crippen LogP contribution < -0.4 is 0 Å². The zero-order chi connectivity index (χ0) is 14.8. The molecule has 20 heavy (non-hydrogen) atoms. The molecule has 0 bridgehead atoms. The highest BCUT2D eigenvalue weighted by Crippen LogP contribution is 2.22. The molecule has 0 unspecified atom stereocenters. The summed E-state index contributed by atoms with van der Waals surface area (Å²) in [4.78, 5) is 15.8. The standard InChI is InChI=1S/C16H17NO3/c1-16(2,3)20-15(19)12-6-4-11(5-7-12)13-8-14(18)10-17-9-13/h4-10,18H,1-3H3. The Kier molecular flexibility index (Phi) is 3.74. The number of carbonyl (C=O) groups is 1. The van der Waals surface area contributed by atoms with E-state index in [1.807, 2.05) is 20.8 Å². The van der Waals surface area contributed by atoms with Crippen LogP contribution in [0.15, 0.2) is 42.7 Å². The topological polar surface area (TPSA) is 59.4 Å². The third-order valence-corrected chi connectivity index (χ3v) is 2.58. The molecule has 0 fully saturated rings. The van der Waals surface area contributed by atoms with Crippen molar-refractivity contribution < 1.29 is 14.6 Å². The quantitative estimate of drug-likeness (QED) is 0.850. The van der Waals surface area contributed by atoms with Gasteiger partial charge in [0.05, 0.1) is 11.8 Å². The van der Waals surface area contributed by atoms with E-state index in [9.17, 15) is 9.90 Å². The second-order valence-corrected chi connectivity index (χ2v) is 5.51. The van der Waals surface area contributed by atoms with Crippen LogP contribution in [0, 0.1) is 0 Å². The Morgan fingerprint density at radius 1 is 1.10 bits per heavy atom. The SMILES string of the molecule is CC(C)(C)OC(=O)c1ccc(-c2cncc(O)c2)cc1.